The minimum atomic E-state index is -0.933. The van der Waals surface area contributed by atoms with Crippen molar-refractivity contribution in [2.45, 2.75) is 57.2 Å². The van der Waals surface area contributed by atoms with Gasteiger partial charge in [-0.2, -0.15) is 0 Å². The maximum absolute atomic E-state index is 12.1. The molecule has 1 aliphatic carbocycles. The summed E-state index contributed by atoms with van der Waals surface area (Å²) in [6.07, 6.45) is 4.07. The lowest BCUT2D eigenvalue weighted by molar-refractivity contribution is -0.151. The van der Waals surface area contributed by atoms with Crippen LogP contribution in [0.2, 0.25) is 0 Å². The van der Waals surface area contributed by atoms with E-state index >= 15 is 0 Å². The van der Waals surface area contributed by atoms with Crippen LogP contribution in [0.1, 0.15) is 39.0 Å². The number of carbonyl (C=O) groups excluding carboxylic acids is 1. The van der Waals surface area contributed by atoms with Crippen molar-refractivity contribution in [3.8, 4) is 0 Å². The summed E-state index contributed by atoms with van der Waals surface area (Å²) in [6.45, 7) is 2.30. The Hall–Kier alpha value is -1.10. The van der Waals surface area contributed by atoms with Crippen LogP contribution in [-0.2, 0) is 14.3 Å². The van der Waals surface area contributed by atoms with Gasteiger partial charge in [-0.15, -0.1) is 0 Å². The number of hydrogen-bond donors (Lipinski definition) is 1. The molecular formula is C12H19NO4. The molecule has 1 saturated carbocycles. The predicted molar refractivity (Wildman–Crippen MR) is 60.6 cm³/mol. The van der Waals surface area contributed by atoms with Crippen LogP contribution < -0.4 is 0 Å². The second kappa shape index (κ2) is 5.04. The van der Waals surface area contributed by atoms with Gasteiger partial charge in [0.15, 0.2) is 0 Å². The molecule has 0 aromatic rings. The highest BCUT2D eigenvalue weighted by atomic mass is 16.5. The Morgan fingerprint density at radius 2 is 2.12 bits per heavy atom. The van der Waals surface area contributed by atoms with E-state index in [-0.39, 0.29) is 18.1 Å². The van der Waals surface area contributed by atoms with Crippen LogP contribution in [0.5, 0.6) is 0 Å². The molecule has 0 bridgehead atoms. The van der Waals surface area contributed by atoms with Gasteiger partial charge >= 0.3 is 5.97 Å². The number of hydrogen-bond acceptors (Lipinski definition) is 3. The Bertz CT molecular complexity index is 308. The minimum absolute atomic E-state index is 0.00950. The van der Waals surface area contributed by atoms with Gasteiger partial charge in [-0.05, 0) is 32.6 Å². The fourth-order valence-corrected chi connectivity index (χ4v) is 2.31. The summed E-state index contributed by atoms with van der Waals surface area (Å²) in [5.41, 5.74) is 0. The van der Waals surface area contributed by atoms with Crippen LogP contribution in [-0.4, -0.2) is 46.7 Å². The first-order chi connectivity index (χ1) is 8.09. The summed E-state index contributed by atoms with van der Waals surface area (Å²) in [6, 6.07) is -0.591. The summed E-state index contributed by atoms with van der Waals surface area (Å²) in [4.78, 5) is 24.6. The topological polar surface area (TPSA) is 66.8 Å². The van der Waals surface area contributed by atoms with Gasteiger partial charge in [0.05, 0.1) is 12.5 Å². The monoisotopic (exact) mass is 241 g/mol. The van der Waals surface area contributed by atoms with Crippen molar-refractivity contribution < 1.29 is 19.4 Å². The maximum Gasteiger partial charge on any atom is 0.326 e. The van der Waals surface area contributed by atoms with E-state index in [1.807, 2.05) is 0 Å². The molecule has 0 spiro atoms. The summed E-state index contributed by atoms with van der Waals surface area (Å²) in [5, 5.41) is 9.01. The SMILES string of the molecule is CC(C(=O)O)N(C(=O)CC1CCCO1)C1CC1. The molecule has 5 heteroatoms. The number of aliphatic carboxylic acids is 1. The first-order valence-electron chi connectivity index (χ1n) is 6.25. The molecule has 0 aromatic heterocycles. The smallest absolute Gasteiger partial charge is 0.326 e. The summed E-state index contributed by atoms with van der Waals surface area (Å²) in [5.74, 6) is -1.01. The van der Waals surface area contributed by atoms with Crippen molar-refractivity contribution in [3.63, 3.8) is 0 Å². The van der Waals surface area contributed by atoms with E-state index in [4.69, 9.17) is 9.84 Å². The van der Waals surface area contributed by atoms with E-state index in [0.717, 1.165) is 32.3 Å². The van der Waals surface area contributed by atoms with Crippen molar-refractivity contribution >= 4 is 11.9 Å². The molecule has 0 aromatic carbocycles. The van der Waals surface area contributed by atoms with Crippen molar-refractivity contribution in [1.29, 1.82) is 0 Å². The average molecular weight is 241 g/mol. The van der Waals surface area contributed by atoms with Crippen LogP contribution >= 0.6 is 0 Å². The standard InChI is InChI=1S/C12H19NO4/c1-8(12(15)16)13(9-4-5-9)11(14)7-10-3-2-6-17-10/h8-10H,2-7H2,1H3,(H,15,16). The molecule has 1 amide bonds. The van der Waals surface area contributed by atoms with Crippen molar-refractivity contribution in [3.05, 3.63) is 0 Å². The Morgan fingerprint density at radius 1 is 1.41 bits per heavy atom. The van der Waals surface area contributed by atoms with Crippen LogP contribution in [0.25, 0.3) is 0 Å². The van der Waals surface area contributed by atoms with Gasteiger partial charge in [-0.3, -0.25) is 4.79 Å². The van der Waals surface area contributed by atoms with Crippen LogP contribution in [0, 0.1) is 0 Å². The number of carboxylic acid groups (broad SMARTS) is 1. The van der Waals surface area contributed by atoms with E-state index in [0.29, 0.717) is 6.42 Å². The highest BCUT2D eigenvalue weighted by Crippen LogP contribution is 2.30. The molecule has 2 unspecified atom stereocenters. The zero-order valence-corrected chi connectivity index (χ0v) is 10.1. The minimum Gasteiger partial charge on any atom is -0.480 e. The second-order valence-electron chi connectivity index (χ2n) is 4.89. The lowest BCUT2D eigenvalue weighted by Gasteiger charge is -2.27. The lowest BCUT2D eigenvalue weighted by Crippen LogP contribution is -2.45. The molecule has 2 fully saturated rings. The third kappa shape index (κ3) is 2.97. The molecule has 17 heavy (non-hydrogen) atoms. The summed E-state index contributed by atoms with van der Waals surface area (Å²) >= 11 is 0. The van der Waals surface area contributed by atoms with Crippen LogP contribution in [0.4, 0.5) is 0 Å². The quantitative estimate of drug-likeness (QED) is 0.780. The number of amides is 1. The fourth-order valence-electron chi connectivity index (χ4n) is 2.31. The van der Waals surface area contributed by atoms with Crippen molar-refractivity contribution in [1.82, 2.24) is 4.90 Å². The number of carboxylic acids is 1. The number of carbonyl (C=O) groups is 2. The van der Waals surface area contributed by atoms with E-state index in [2.05, 4.69) is 0 Å². The zero-order valence-electron chi connectivity index (χ0n) is 10.1. The molecular weight excluding hydrogens is 222 g/mol. The number of rotatable bonds is 5. The molecule has 1 aliphatic heterocycles. The van der Waals surface area contributed by atoms with Crippen LogP contribution in [0.3, 0.4) is 0 Å². The number of ether oxygens (including phenoxy) is 1. The van der Waals surface area contributed by atoms with Gasteiger partial charge in [0.2, 0.25) is 5.91 Å². The molecule has 96 valence electrons. The zero-order chi connectivity index (χ0) is 12.4. The lowest BCUT2D eigenvalue weighted by atomic mass is 10.1. The van der Waals surface area contributed by atoms with E-state index < -0.39 is 12.0 Å². The van der Waals surface area contributed by atoms with Gasteiger partial charge in [0.25, 0.3) is 0 Å². The second-order valence-corrected chi connectivity index (χ2v) is 4.89. The van der Waals surface area contributed by atoms with E-state index in [9.17, 15) is 9.59 Å². The first kappa shape index (κ1) is 12.4. The van der Waals surface area contributed by atoms with Crippen LogP contribution in [0.15, 0.2) is 0 Å². The molecule has 1 N–H and O–H groups in total. The molecule has 2 atom stereocenters. The molecule has 2 aliphatic rings. The average Bonchev–Trinajstić information content (AvgIpc) is 2.96. The molecule has 1 heterocycles. The van der Waals surface area contributed by atoms with Crippen molar-refractivity contribution in [2.75, 3.05) is 6.61 Å². The van der Waals surface area contributed by atoms with Gasteiger partial charge in [-0.1, -0.05) is 0 Å². The first-order valence-corrected chi connectivity index (χ1v) is 6.25. The van der Waals surface area contributed by atoms with Gasteiger partial charge in [-0.25, -0.2) is 4.79 Å². The Balaban J connectivity index is 1.94. The normalized spacial score (nSPS) is 25.6. The largest absolute Gasteiger partial charge is 0.480 e. The summed E-state index contributed by atoms with van der Waals surface area (Å²) < 4.78 is 5.42. The maximum atomic E-state index is 12.1. The summed E-state index contributed by atoms with van der Waals surface area (Å²) in [7, 11) is 0. The van der Waals surface area contributed by atoms with E-state index in [1.54, 1.807) is 6.92 Å². The number of nitrogens with zero attached hydrogens (tertiary/aromatic N) is 1. The molecule has 2 rings (SSSR count). The molecule has 1 saturated heterocycles. The third-order valence-electron chi connectivity index (χ3n) is 3.43. The Morgan fingerprint density at radius 3 is 2.59 bits per heavy atom. The van der Waals surface area contributed by atoms with Gasteiger partial charge in [0.1, 0.15) is 6.04 Å². The fraction of sp³-hybridized carbons (Fsp3) is 0.833. The van der Waals surface area contributed by atoms with Gasteiger partial charge < -0.3 is 14.7 Å². The predicted octanol–water partition coefficient (Wildman–Crippen LogP) is 1.02. The van der Waals surface area contributed by atoms with Crippen molar-refractivity contribution in [2.24, 2.45) is 0 Å². The third-order valence-corrected chi connectivity index (χ3v) is 3.43. The Labute approximate surface area is 101 Å². The molecule has 0 radical (unpaired) electrons. The highest BCUT2D eigenvalue weighted by molar-refractivity contribution is 5.84. The highest BCUT2D eigenvalue weighted by Gasteiger charge is 2.39. The Kier molecular flexibility index (Phi) is 3.66. The van der Waals surface area contributed by atoms with Gasteiger partial charge in [0, 0.05) is 12.6 Å². The molecule has 5 nitrogen and oxygen atoms in total. The van der Waals surface area contributed by atoms with E-state index in [1.165, 1.54) is 4.90 Å².